The molecule has 0 bridgehead atoms. The summed E-state index contributed by atoms with van der Waals surface area (Å²) in [7, 11) is 0. The number of hydrogen-bond donors (Lipinski definition) is 2. The molecule has 2 heterocycles. The van der Waals surface area contributed by atoms with Crippen molar-refractivity contribution < 1.29 is 23.8 Å². The molecule has 0 saturated carbocycles. The smallest absolute Gasteiger partial charge is 0.329 e. The number of carbonyl (C=O) groups is 2. The van der Waals surface area contributed by atoms with Crippen LogP contribution in [0.1, 0.15) is 18.5 Å². The van der Waals surface area contributed by atoms with Gasteiger partial charge in [0.25, 0.3) is 11.5 Å². The van der Waals surface area contributed by atoms with Crippen LogP contribution in [-0.2, 0) is 20.9 Å². The summed E-state index contributed by atoms with van der Waals surface area (Å²) in [6.07, 6.45) is 0. The van der Waals surface area contributed by atoms with Gasteiger partial charge in [-0.3, -0.25) is 23.9 Å². The summed E-state index contributed by atoms with van der Waals surface area (Å²) in [5, 5.41) is 3.00. The maximum atomic E-state index is 12.2. The van der Waals surface area contributed by atoms with E-state index in [1.165, 1.54) is 0 Å². The number of ether oxygens (including phenoxy) is 3. The standard InChI is InChI=1S/C21H19N3O7/c1-12(13-6-7-16-17(8-13)31-11-30-16)22-18(25)10-29-19(26)9-24-15-5-3-2-4-14(15)20(27)23-21(24)28/h2-8,12H,9-11H2,1H3,(H,22,25)(H,23,27,28). The first-order chi connectivity index (χ1) is 14.9. The fourth-order valence-electron chi connectivity index (χ4n) is 3.27. The van der Waals surface area contributed by atoms with Gasteiger partial charge in [-0.25, -0.2) is 4.79 Å². The number of H-pyrrole nitrogens is 1. The molecule has 0 fully saturated rings. The number of esters is 1. The molecule has 3 aromatic rings. The number of aromatic amines is 1. The SMILES string of the molecule is CC(NC(=O)COC(=O)Cn1c(=O)[nH]c(=O)c2ccccc21)c1ccc2c(c1)OCO2. The second-order valence-electron chi connectivity index (χ2n) is 6.93. The normalized spacial score (nSPS) is 13.1. The van der Waals surface area contributed by atoms with Crippen LogP contribution in [0.3, 0.4) is 0 Å². The Labute approximate surface area is 175 Å². The van der Waals surface area contributed by atoms with Gasteiger partial charge >= 0.3 is 11.7 Å². The summed E-state index contributed by atoms with van der Waals surface area (Å²) < 4.78 is 16.7. The van der Waals surface area contributed by atoms with Crippen molar-refractivity contribution in [2.45, 2.75) is 19.5 Å². The van der Waals surface area contributed by atoms with Crippen LogP contribution in [0, 0.1) is 0 Å². The lowest BCUT2D eigenvalue weighted by atomic mass is 10.1. The molecule has 10 nitrogen and oxygen atoms in total. The minimum Gasteiger partial charge on any atom is -0.454 e. The Balaban J connectivity index is 1.36. The first-order valence-electron chi connectivity index (χ1n) is 9.49. The molecule has 2 aromatic carbocycles. The Kier molecular flexibility index (Phi) is 5.44. The van der Waals surface area contributed by atoms with E-state index in [2.05, 4.69) is 10.3 Å². The number of para-hydroxylation sites is 1. The lowest BCUT2D eigenvalue weighted by Crippen LogP contribution is -2.35. The Morgan fingerprint density at radius 1 is 1.16 bits per heavy atom. The zero-order chi connectivity index (χ0) is 22.0. The van der Waals surface area contributed by atoms with Crippen LogP contribution in [0.2, 0.25) is 0 Å². The second kappa shape index (κ2) is 8.34. The number of nitrogens with zero attached hydrogens (tertiary/aromatic N) is 1. The van der Waals surface area contributed by atoms with Gasteiger partial charge in [0.1, 0.15) is 6.54 Å². The van der Waals surface area contributed by atoms with Crippen molar-refractivity contribution in [2.75, 3.05) is 13.4 Å². The van der Waals surface area contributed by atoms with Crippen molar-refractivity contribution in [2.24, 2.45) is 0 Å². The molecule has 1 aliphatic heterocycles. The highest BCUT2D eigenvalue weighted by Crippen LogP contribution is 2.34. The van der Waals surface area contributed by atoms with Crippen LogP contribution in [0.4, 0.5) is 0 Å². The predicted octanol–water partition coefficient (Wildman–Crippen LogP) is 0.839. The molecule has 1 amide bonds. The zero-order valence-electron chi connectivity index (χ0n) is 16.5. The molecule has 31 heavy (non-hydrogen) atoms. The number of nitrogens with one attached hydrogen (secondary N) is 2. The van der Waals surface area contributed by atoms with Crippen molar-refractivity contribution in [3.8, 4) is 11.5 Å². The monoisotopic (exact) mass is 425 g/mol. The molecule has 1 atom stereocenters. The summed E-state index contributed by atoms with van der Waals surface area (Å²) in [4.78, 5) is 50.5. The van der Waals surface area contributed by atoms with Gasteiger partial charge < -0.3 is 19.5 Å². The summed E-state index contributed by atoms with van der Waals surface area (Å²) in [6.45, 7) is 0.983. The third-order valence-electron chi connectivity index (χ3n) is 4.83. The first kappa shape index (κ1) is 20.2. The van der Waals surface area contributed by atoms with Crippen LogP contribution < -0.4 is 26.0 Å². The molecule has 1 unspecified atom stereocenters. The van der Waals surface area contributed by atoms with Gasteiger partial charge in [0.05, 0.1) is 16.9 Å². The maximum absolute atomic E-state index is 12.2. The van der Waals surface area contributed by atoms with Crippen molar-refractivity contribution in [3.05, 3.63) is 68.9 Å². The number of benzene rings is 2. The van der Waals surface area contributed by atoms with Gasteiger partial charge in [0.2, 0.25) is 6.79 Å². The lowest BCUT2D eigenvalue weighted by Gasteiger charge is -2.15. The highest BCUT2D eigenvalue weighted by atomic mass is 16.7. The van der Waals surface area contributed by atoms with E-state index in [9.17, 15) is 19.2 Å². The van der Waals surface area contributed by atoms with Crippen LogP contribution >= 0.6 is 0 Å². The van der Waals surface area contributed by atoms with Crippen molar-refractivity contribution in [3.63, 3.8) is 0 Å². The van der Waals surface area contributed by atoms with Crippen LogP contribution in [0.5, 0.6) is 11.5 Å². The number of rotatable bonds is 6. The zero-order valence-corrected chi connectivity index (χ0v) is 16.5. The van der Waals surface area contributed by atoms with Crippen LogP contribution in [0.15, 0.2) is 52.1 Å². The molecular formula is C21H19N3O7. The topological polar surface area (TPSA) is 129 Å². The number of carbonyl (C=O) groups excluding carboxylic acids is 2. The highest BCUT2D eigenvalue weighted by Gasteiger charge is 2.18. The molecule has 10 heteroatoms. The second-order valence-corrected chi connectivity index (χ2v) is 6.93. The maximum Gasteiger partial charge on any atom is 0.329 e. The minimum absolute atomic E-state index is 0.156. The Morgan fingerprint density at radius 2 is 1.94 bits per heavy atom. The van der Waals surface area contributed by atoms with Crippen molar-refractivity contribution in [1.82, 2.24) is 14.9 Å². The summed E-state index contributed by atoms with van der Waals surface area (Å²) >= 11 is 0. The Bertz CT molecular complexity index is 1280. The number of aromatic nitrogens is 2. The number of hydrogen-bond acceptors (Lipinski definition) is 7. The van der Waals surface area contributed by atoms with Gasteiger partial charge in [-0.05, 0) is 36.8 Å². The molecule has 0 radical (unpaired) electrons. The molecule has 160 valence electrons. The molecule has 2 N–H and O–H groups in total. The fourth-order valence-corrected chi connectivity index (χ4v) is 3.27. The average molecular weight is 425 g/mol. The van der Waals surface area contributed by atoms with E-state index in [1.807, 2.05) is 0 Å². The average Bonchev–Trinajstić information content (AvgIpc) is 3.23. The quantitative estimate of drug-likeness (QED) is 0.560. The molecule has 0 aliphatic carbocycles. The number of amides is 1. The molecule has 1 aromatic heterocycles. The number of fused-ring (bicyclic) bond motifs is 2. The van der Waals surface area contributed by atoms with Crippen LogP contribution in [-0.4, -0.2) is 34.8 Å². The molecule has 0 spiro atoms. The third-order valence-corrected chi connectivity index (χ3v) is 4.83. The van der Waals surface area contributed by atoms with Gasteiger partial charge in [-0.2, -0.15) is 0 Å². The van der Waals surface area contributed by atoms with Crippen molar-refractivity contribution >= 4 is 22.8 Å². The van der Waals surface area contributed by atoms with Crippen molar-refractivity contribution in [1.29, 1.82) is 0 Å². The minimum atomic E-state index is -0.787. The van der Waals surface area contributed by atoms with Gasteiger partial charge in [0, 0.05) is 0 Å². The van der Waals surface area contributed by atoms with Gasteiger partial charge in [0.15, 0.2) is 18.1 Å². The largest absolute Gasteiger partial charge is 0.454 e. The van der Waals surface area contributed by atoms with Crippen LogP contribution in [0.25, 0.3) is 10.9 Å². The molecule has 0 saturated heterocycles. The van der Waals surface area contributed by atoms with E-state index >= 15 is 0 Å². The van der Waals surface area contributed by atoms with E-state index in [4.69, 9.17) is 14.2 Å². The van der Waals surface area contributed by atoms with Gasteiger partial charge in [-0.1, -0.05) is 18.2 Å². The Hall–Kier alpha value is -4.08. The Morgan fingerprint density at radius 3 is 2.77 bits per heavy atom. The van der Waals surface area contributed by atoms with E-state index < -0.39 is 36.3 Å². The molecule has 4 rings (SSSR count). The van der Waals surface area contributed by atoms with Gasteiger partial charge in [-0.15, -0.1) is 0 Å². The predicted molar refractivity (Wildman–Crippen MR) is 109 cm³/mol. The van der Waals surface area contributed by atoms with E-state index in [0.717, 1.165) is 10.1 Å². The lowest BCUT2D eigenvalue weighted by molar-refractivity contribution is -0.149. The van der Waals surface area contributed by atoms with E-state index in [0.29, 0.717) is 17.0 Å². The summed E-state index contributed by atoms with van der Waals surface area (Å²) in [5.74, 6) is -0.0489. The fraction of sp³-hybridized carbons (Fsp3) is 0.238. The van der Waals surface area contributed by atoms with E-state index in [-0.39, 0.29) is 18.2 Å². The first-order valence-corrected chi connectivity index (χ1v) is 9.49. The molecule has 1 aliphatic rings. The third kappa shape index (κ3) is 4.27. The summed E-state index contributed by atoms with van der Waals surface area (Å²) in [6, 6.07) is 11.4. The van der Waals surface area contributed by atoms with E-state index in [1.54, 1.807) is 49.4 Å². The molecular weight excluding hydrogens is 406 g/mol. The highest BCUT2D eigenvalue weighted by molar-refractivity contribution is 5.82. The summed E-state index contributed by atoms with van der Waals surface area (Å²) in [5.41, 5.74) is -0.173.